The molecule has 3 fully saturated rings. The van der Waals surface area contributed by atoms with Crippen LogP contribution in [0.1, 0.15) is 88.7 Å². The van der Waals surface area contributed by atoms with Crippen LogP contribution in [0.3, 0.4) is 0 Å². The van der Waals surface area contributed by atoms with Crippen LogP contribution in [0.25, 0.3) is 66.9 Å². The van der Waals surface area contributed by atoms with Crippen LogP contribution in [0.15, 0.2) is 146 Å². The molecule has 1 N–H and O–H groups in total. The van der Waals surface area contributed by atoms with Crippen LogP contribution in [-0.2, 0) is 38.9 Å². The van der Waals surface area contributed by atoms with Crippen LogP contribution >= 0.6 is 11.6 Å². The molecule has 2 aliphatic carbocycles. The fraction of sp³-hybridized carbons (Fsp3) is 0.311. The van der Waals surface area contributed by atoms with Crippen molar-refractivity contribution in [2.24, 2.45) is 0 Å². The van der Waals surface area contributed by atoms with Gasteiger partial charge in [-0.15, -0.1) is 0 Å². The number of benzene rings is 4. The second-order valence-corrected chi connectivity index (χ2v) is 22.0. The number of aromatic nitrogens is 8. The van der Waals surface area contributed by atoms with Crippen molar-refractivity contribution in [3.05, 3.63) is 174 Å². The zero-order valence-corrected chi connectivity index (χ0v) is 47.0. The molecule has 0 spiro atoms. The number of hydrogen-bond donors (Lipinski definition) is 1. The van der Waals surface area contributed by atoms with Gasteiger partial charge in [0.2, 0.25) is 0 Å². The standard InChI is InChI=1S/C27H25N5.C18H28BNO2.C16H11ClN4.V/c1-18-15-24-29-17-21-16-23(19-7-4-3-5-8-19)25(30-26(21)32(24)31-18)20-9-11-22(12-10-20)27(28-2)13-6-14-27;1-16(2)17(3,4)22-19(21-16)15-10-8-14(9-11-15)18(20(5)6)12-7-13-18;1-10-7-14-18-9-12-8-13(11-5-3-2-4-6-11)15(17)19-16(12)21(14)20-10;/h3-5,7-12,15-17,28H,6,13-14H2,1-2H3;8-11H,7,12-13H2,1-6H3;2-9H,1H3;. The second-order valence-electron chi connectivity index (χ2n) is 21.6. The van der Waals surface area contributed by atoms with Gasteiger partial charge in [-0.05, 0) is 141 Å². The third-order valence-corrected chi connectivity index (χ3v) is 16.6. The summed E-state index contributed by atoms with van der Waals surface area (Å²) in [4.78, 5) is 21.0. The average molecular weight is 1070 g/mol. The van der Waals surface area contributed by atoms with Gasteiger partial charge >= 0.3 is 7.12 Å². The molecule has 4 aromatic carbocycles. The van der Waals surface area contributed by atoms with E-state index < -0.39 is 0 Å². The van der Waals surface area contributed by atoms with E-state index in [-0.39, 0.29) is 48.0 Å². The quantitative estimate of drug-likeness (QED) is 0.116. The molecule has 12 nitrogen and oxygen atoms in total. The number of halogens is 1. The Hall–Kier alpha value is -6.28. The largest absolute Gasteiger partial charge is 0.494 e. The average Bonchev–Trinajstić information content (AvgIpc) is 4.10. The van der Waals surface area contributed by atoms with Gasteiger partial charge in [0.25, 0.3) is 0 Å². The predicted octanol–water partition coefficient (Wildman–Crippen LogP) is 12.3. The van der Waals surface area contributed by atoms with Crippen molar-refractivity contribution < 1.29 is 27.9 Å². The minimum absolute atomic E-state index is 0. The third-order valence-electron chi connectivity index (χ3n) is 16.3. The maximum Gasteiger partial charge on any atom is 0.494 e. The zero-order chi connectivity index (χ0) is 52.3. The number of pyridine rings is 2. The monoisotopic (exact) mass is 1070 g/mol. The zero-order valence-electron chi connectivity index (χ0n) is 44.8. The molecule has 3 aliphatic rings. The first-order valence-corrected chi connectivity index (χ1v) is 26.5. The first-order valence-electron chi connectivity index (χ1n) is 26.1. The molecule has 6 aromatic heterocycles. The first-order chi connectivity index (χ1) is 36.1. The van der Waals surface area contributed by atoms with E-state index in [0.717, 1.165) is 83.7 Å². The molecular formula is C61H64BClN10O2V. The Morgan fingerprint density at radius 1 is 0.592 bits per heavy atom. The summed E-state index contributed by atoms with van der Waals surface area (Å²) < 4.78 is 15.8. The number of nitrogens with zero attached hydrogens (tertiary/aromatic N) is 9. The summed E-state index contributed by atoms with van der Waals surface area (Å²) in [6.07, 6.45) is 11.2. The fourth-order valence-electron chi connectivity index (χ4n) is 10.8. The van der Waals surface area contributed by atoms with Gasteiger partial charge in [-0.2, -0.15) is 19.2 Å². The maximum atomic E-state index is 6.37. The molecule has 1 radical (unpaired) electrons. The number of nitrogens with one attached hydrogen (secondary N) is 1. The Kier molecular flexibility index (Phi) is 14.6. The summed E-state index contributed by atoms with van der Waals surface area (Å²) in [7, 11) is 6.16. The molecule has 76 heavy (non-hydrogen) atoms. The van der Waals surface area contributed by atoms with Gasteiger partial charge in [-0.3, -0.25) is 4.90 Å². The van der Waals surface area contributed by atoms with Crippen molar-refractivity contribution in [2.45, 2.75) is 102 Å². The van der Waals surface area contributed by atoms with Crippen molar-refractivity contribution in [3.63, 3.8) is 0 Å². The first kappa shape index (κ1) is 53.1. The van der Waals surface area contributed by atoms with Gasteiger partial charge in [-0.1, -0.05) is 121 Å². The van der Waals surface area contributed by atoms with Crippen LogP contribution in [0, 0.1) is 13.8 Å². The molecule has 0 amide bonds. The van der Waals surface area contributed by atoms with Gasteiger partial charge in [0.1, 0.15) is 5.15 Å². The van der Waals surface area contributed by atoms with Crippen molar-refractivity contribution in [3.8, 4) is 33.5 Å². The smallest absolute Gasteiger partial charge is 0.399 e. The molecule has 0 bridgehead atoms. The molecule has 1 saturated heterocycles. The minimum atomic E-state index is -0.283. The number of fused-ring (bicyclic) bond motifs is 6. The van der Waals surface area contributed by atoms with Crippen LogP contribution in [-0.4, -0.2) is 83.5 Å². The van der Waals surface area contributed by atoms with Gasteiger partial charge < -0.3 is 14.6 Å². The molecular weight excluding hydrogens is 1000 g/mol. The van der Waals surface area contributed by atoms with Gasteiger partial charge in [0.05, 0.1) is 28.3 Å². The van der Waals surface area contributed by atoms with E-state index in [9.17, 15) is 0 Å². The van der Waals surface area contributed by atoms with Gasteiger partial charge in [-0.25, -0.2) is 19.9 Å². The summed E-state index contributed by atoms with van der Waals surface area (Å²) in [5.74, 6) is 0. The summed E-state index contributed by atoms with van der Waals surface area (Å²) in [6, 6.07) is 46.3. The van der Waals surface area contributed by atoms with Crippen LogP contribution in [0.2, 0.25) is 5.15 Å². The van der Waals surface area contributed by atoms with Crippen LogP contribution in [0.5, 0.6) is 0 Å². The summed E-state index contributed by atoms with van der Waals surface area (Å²) in [5.41, 5.74) is 14.9. The molecule has 0 unspecified atom stereocenters. The van der Waals surface area contributed by atoms with E-state index in [1.165, 1.54) is 49.7 Å². The Bertz CT molecular complexity index is 3670. The van der Waals surface area contributed by atoms with E-state index >= 15 is 0 Å². The van der Waals surface area contributed by atoms with E-state index in [4.69, 9.17) is 25.9 Å². The van der Waals surface area contributed by atoms with Crippen molar-refractivity contribution >= 4 is 57.5 Å². The molecule has 385 valence electrons. The Morgan fingerprint density at radius 2 is 1.08 bits per heavy atom. The van der Waals surface area contributed by atoms with Gasteiger partial charge in [0.15, 0.2) is 22.6 Å². The number of hydrogen-bond acceptors (Lipinski definition) is 10. The topological polar surface area (TPSA) is 120 Å². The van der Waals surface area contributed by atoms with Crippen LogP contribution < -0.4 is 10.8 Å². The molecule has 7 heterocycles. The van der Waals surface area contributed by atoms with E-state index in [1.54, 1.807) is 4.52 Å². The molecule has 15 heteroatoms. The maximum absolute atomic E-state index is 6.37. The summed E-state index contributed by atoms with van der Waals surface area (Å²) >= 11 is 6.37. The van der Waals surface area contributed by atoms with Crippen LogP contribution in [0.4, 0.5) is 0 Å². The fourth-order valence-corrected chi connectivity index (χ4v) is 11.0. The van der Waals surface area contributed by atoms with Gasteiger partial charge in [0, 0.05) is 81.6 Å². The predicted molar refractivity (Wildman–Crippen MR) is 303 cm³/mol. The third kappa shape index (κ3) is 9.76. The van der Waals surface area contributed by atoms with E-state index in [2.05, 4.69) is 163 Å². The summed E-state index contributed by atoms with van der Waals surface area (Å²) in [5, 5.41) is 14.9. The molecule has 13 rings (SSSR count). The second kappa shape index (κ2) is 20.9. The van der Waals surface area contributed by atoms with Crippen molar-refractivity contribution in [1.82, 2.24) is 49.4 Å². The van der Waals surface area contributed by atoms with E-state index in [1.807, 2.05) is 85.4 Å². The van der Waals surface area contributed by atoms with E-state index in [0.29, 0.717) is 5.15 Å². The Labute approximate surface area is 462 Å². The Balaban J connectivity index is 0.000000133. The molecule has 1 aliphatic heterocycles. The molecule has 2 saturated carbocycles. The number of rotatable bonds is 8. The molecule has 10 aromatic rings. The summed E-state index contributed by atoms with van der Waals surface area (Å²) in [6.45, 7) is 12.3. The SMILES string of the molecule is CN(C)C1(c2ccc(B3OC(C)(C)C(C)(C)O3)cc2)CCC1.CNC1(c2ccc(-c3nc4c(cnc5cc(C)nn54)cc3-c3ccccc3)cc2)CCC1.Cc1cc2ncc3cc(-c4ccccc4)c(Cl)nc3n2n1.[V]. The van der Waals surface area contributed by atoms with Crippen molar-refractivity contribution in [2.75, 3.05) is 21.1 Å². The Morgan fingerprint density at radius 3 is 1.55 bits per heavy atom. The number of aryl methyl sites for hydroxylation is 2. The normalized spacial score (nSPS) is 16.9. The van der Waals surface area contributed by atoms with Crippen molar-refractivity contribution in [1.29, 1.82) is 0 Å². The minimum Gasteiger partial charge on any atom is -0.399 e. The molecule has 0 atom stereocenters.